The van der Waals surface area contributed by atoms with Crippen LogP contribution in [0.25, 0.3) is 0 Å². The van der Waals surface area contributed by atoms with Gasteiger partial charge in [0, 0.05) is 24.8 Å². The molecule has 0 aliphatic rings. The van der Waals surface area contributed by atoms with Gasteiger partial charge in [0.05, 0.1) is 0 Å². The first kappa shape index (κ1) is 19.2. The fourth-order valence-electron chi connectivity index (χ4n) is 0.625. The molecule has 0 atom stereocenters. The van der Waals surface area contributed by atoms with E-state index in [0.29, 0.717) is 0 Å². The Labute approximate surface area is 120 Å². The van der Waals surface area contributed by atoms with Crippen LogP contribution in [0, 0.1) is 0 Å². The highest BCUT2D eigenvalue weighted by molar-refractivity contribution is 6.50. The molecule has 2 nitrogen and oxygen atoms in total. The zero-order chi connectivity index (χ0) is 13.0. The van der Waals surface area contributed by atoms with Crippen LogP contribution in [-0.4, -0.2) is 17.2 Å². The Kier molecular flexibility index (Phi) is 13.1. The molecule has 0 aliphatic heterocycles. The average Bonchev–Trinajstić information content (AvgIpc) is 2.32. The quantitative estimate of drug-likeness (QED) is 0.375. The topological polar surface area (TPSA) is 25.8 Å². The second-order valence-corrected chi connectivity index (χ2v) is 2.54. The summed E-state index contributed by atoms with van der Waals surface area (Å²) in [6.07, 6.45) is 7.00. The molecule has 2 aromatic rings. The lowest BCUT2D eigenvalue weighted by Gasteiger charge is -1.94. The van der Waals surface area contributed by atoms with Crippen LogP contribution < -0.4 is 24.0 Å². The molecule has 2 rings (SSSR count). The monoisotopic (exact) mass is 373 g/mol. The number of hydrogen-bond donors (Lipinski definition) is 0. The molecular weight excluding hydrogens is 362 g/mol. The van der Waals surface area contributed by atoms with Gasteiger partial charge in [-0.05, 0) is 24.3 Å². The highest BCUT2D eigenvalue weighted by Gasteiger charge is 2.20. The van der Waals surface area contributed by atoms with Gasteiger partial charge in [0.25, 0.3) is 0 Å². The molecule has 0 saturated heterocycles. The van der Waals surface area contributed by atoms with E-state index in [2.05, 4.69) is 9.97 Å². The van der Waals surface area contributed by atoms with Crippen LogP contribution >= 0.6 is 0 Å². The van der Waals surface area contributed by atoms with Gasteiger partial charge < -0.3 is 17.3 Å². The van der Waals surface area contributed by atoms with Gasteiger partial charge in [-0.2, -0.15) is 0 Å². The Morgan fingerprint density at radius 3 is 0.833 bits per heavy atom. The highest BCUT2D eigenvalue weighted by atomic mass is 127. The van der Waals surface area contributed by atoms with E-state index in [-0.39, 0.29) is 24.0 Å². The molecule has 1 radical (unpaired) electrons. The molecule has 0 aromatic carbocycles. The van der Waals surface area contributed by atoms with Gasteiger partial charge in [0.1, 0.15) is 0 Å². The summed E-state index contributed by atoms with van der Waals surface area (Å²) < 4.78 is 39.0. The summed E-state index contributed by atoms with van der Waals surface area (Å²) in [5.74, 6) is 0. The number of rotatable bonds is 0. The van der Waals surface area contributed by atoms with E-state index in [1.165, 1.54) is 0 Å². The average molecular weight is 373 g/mol. The van der Waals surface area contributed by atoms with E-state index >= 15 is 0 Å². The fraction of sp³-hybridized carbons (Fsp3) is 0. The molecule has 0 spiro atoms. The smallest absolute Gasteiger partial charge is 0.418 e. The number of pyridine rings is 2. The van der Waals surface area contributed by atoms with Crippen molar-refractivity contribution in [1.82, 2.24) is 9.97 Å². The second-order valence-electron chi connectivity index (χ2n) is 2.54. The van der Waals surface area contributed by atoms with Crippen molar-refractivity contribution in [3.05, 3.63) is 61.2 Å². The summed E-state index contributed by atoms with van der Waals surface area (Å²) in [7, 11) is -6.00. The van der Waals surface area contributed by atoms with Crippen molar-refractivity contribution in [2.45, 2.75) is 0 Å². The Morgan fingerprint density at radius 1 is 0.556 bits per heavy atom. The molecule has 8 heteroatoms. The first-order valence-corrected chi connectivity index (χ1v) is 4.57. The Hall–Kier alpha value is -1.19. The summed E-state index contributed by atoms with van der Waals surface area (Å²) in [6.45, 7) is 0. The number of hydrogen-bond acceptors (Lipinski definition) is 2. The molecule has 0 fully saturated rings. The molecule has 2 aromatic heterocycles. The van der Waals surface area contributed by atoms with E-state index in [1.54, 1.807) is 24.8 Å². The van der Waals surface area contributed by atoms with Gasteiger partial charge in [-0.25, -0.2) is 0 Å². The van der Waals surface area contributed by atoms with Gasteiger partial charge in [-0.3, -0.25) is 9.97 Å². The summed E-state index contributed by atoms with van der Waals surface area (Å²) >= 11 is 0. The number of aromatic nitrogens is 2. The van der Waals surface area contributed by atoms with Gasteiger partial charge in [0.2, 0.25) is 0 Å². The molecule has 0 saturated carbocycles. The molecule has 0 unspecified atom stereocenters. The van der Waals surface area contributed by atoms with Gasteiger partial charge >= 0.3 is 31.2 Å². The van der Waals surface area contributed by atoms with Crippen LogP contribution in [0.1, 0.15) is 0 Å². The lowest BCUT2D eigenvalue weighted by atomic mass is 10.3. The maximum atomic E-state index is 9.75. The van der Waals surface area contributed by atoms with Crippen LogP contribution in [0.5, 0.6) is 0 Å². The fourth-order valence-corrected chi connectivity index (χ4v) is 0.625. The molecule has 0 N–H and O–H groups in total. The largest absolute Gasteiger partial charge is 0.673 e. The van der Waals surface area contributed by atoms with Crippen molar-refractivity contribution in [1.29, 1.82) is 0 Å². The van der Waals surface area contributed by atoms with Crippen LogP contribution in [0.2, 0.25) is 0 Å². The van der Waals surface area contributed by atoms with E-state index in [4.69, 9.17) is 0 Å². The van der Waals surface area contributed by atoms with Crippen molar-refractivity contribution in [3.8, 4) is 0 Å². The highest BCUT2D eigenvalue weighted by Crippen LogP contribution is 2.06. The lowest BCUT2D eigenvalue weighted by Crippen LogP contribution is -3.00. The normalized spacial score (nSPS) is 8.67. The lowest BCUT2D eigenvalue weighted by molar-refractivity contribution is -0.00000926. The third-order valence-electron chi connectivity index (χ3n) is 1.13. The predicted octanol–water partition coefficient (Wildman–Crippen LogP) is 0.199. The third kappa shape index (κ3) is 24.2. The molecule has 0 amide bonds. The molecule has 0 aliphatic carbocycles. The van der Waals surface area contributed by atoms with Crippen LogP contribution in [0.15, 0.2) is 61.2 Å². The maximum Gasteiger partial charge on any atom is 0.673 e. The maximum absolute atomic E-state index is 9.75. The van der Waals surface area contributed by atoms with Crippen LogP contribution in [0.4, 0.5) is 17.3 Å². The zero-order valence-electron chi connectivity index (χ0n) is 9.17. The van der Waals surface area contributed by atoms with Gasteiger partial charge in [-0.1, -0.05) is 12.1 Å². The summed E-state index contributed by atoms with van der Waals surface area (Å²) in [5, 5.41) is 0. The SMILES string of the molecule is F[B-](F)(F)F.[IH+].c1ccncc1.c1ccncc1. The summed E-state index contributed by atoms with van der Waals surface area (Å²) in [4.78, 5) is 7.57. The van der Waals surface area contributed by atoms with Crippen molar-refractivity contribution in [2.24, 2.45) is 0 Å². The number of halogens is 5. The summed E-state index contributed by atoms with van der Waals surface area (Å²) in [5.41, 5.74) is 0. The van der Waals surface area contributed by atoms with Crippen LogP contribution in [0.3, 0.4) is 0 Å². The molecule has 0 bridgehead atoms. The van der Waals surface area contributed by atoms with Crippen LogP contribution in [-0.2, 0) is 0 Å². The minimum atomic E-state index is -6.00. The minimum absolute atomic E-state index is 0. The van der Waals surface area contributed by atoms with Gasteiger partial charge in [0.15, 0.2) is 0 Å². The standard InChI is InChI=1S/2C5H5N.BF4.HI/c2*1-2-4-6-5-3-1;2-1(3,4)5;/h2*1-5H;;1H/q;;-1;+1. The molecular formula is C10H11BF4IN2. The van der Waals surface area contributed by atoms with Crippen molar-refractivity contribution in [2.75, 3.05) is 0 Å². The van der Waals surface area contributed by atoms with E-state index in [9.17, 15) is 17.3 Å². The number of nitrogens with zero attached hydrogens (tertiary/aromatic N) is 2. The Morgan fingerprint density at radius 2 is 0.778 bits per heavy atom. The Bertz CT molecular complexity index is 270. The third-order valence-corrected chi connectivity index (χ3v) is 1.13. The molecule has 18 heavy (non-hydrogen) atoms. The van der Waals surface area contributed by atoms with Crippen molar-refractivity contribution < 1.29 is 41.2 Å². The van der Waals surface area contributed by atoms with Gasteiger partial charge in [-0.15, -0.1) is 0 Å². The van der Waals surface area contributed by atoms with Crippen molar-refractivity contribution >= 4 is 7.25 Å². The first-order chi connectivity index (χ1) is 8.00. The van der Waals surface area contributed by atoms with E-state index in [0.717, 1.165) is 0 Å². The molecule has 2 heterocycles. The van der Waals surface area contributed by atoms with E-state index < -0.39 is 7.25 Å². The predicted molar refractivity (Wildman–Crippen MR) is 60.1 cm³/mol. The van der Waals surface area contributed by atoms with E-state index in [1.807, 2.05) is 36.4 Å². The minimum Gasteiger partial charge on any atom is -0.418 e. The molecule has 99 valence electrons. The summed E-state index contributed by atoms with van der Waals surface area (Å²) in [6, 6.07) is 11.4. The zero-order valence-corrected chi connectivity index (χ0v) is 11.5. The first-order valence-electron chi connectivity index (χ1n) is 4.57. The second kappa shape index (κ2) is 12.3. The Balaban J connectivity index is 0. The van der Waals surface area contributed by atoms with Crippen molar-refractivity contribution in [3.63, 3.8) is 0 Å².